The lowest BCUT2D eigenvalue weighted by Crippen LogP contribution is -2.28. The van der Waals surface area contributed by atoms with Crippen LogP contribution in [0.5, 0.6) is 0 Å². The Hall–Kier alpha value is -1.21. The molecule has 1 atom stereocenters. The van der Waals surface area contributed by atoms with Crippen molar-refractivity contribution in [2.24, 2.45) is 0 Å². The number of hydrogen-bond donors (Lipinski definition) is 1. The summed E-state index contributed by atoms with van der Waals surface area (Å²) in [6.07, 6.45) is 0. The van der Waals surface area contributed by atoms with E-state index in [-0.39, 0.29) is 11.5 Å². The summed E-state index contributed by atoms with van der Waals surface area (Å²) in [5, 5.41) is 3.12. The zero-order chi connectivity index (χ0) is 15.6. The Balaban J connectivity index is 2.20. The average Bonchev–Trinajstić information content (AvgIpc) is 2.41. The second kappa shape index (κ2) is 6.70. The van der Waals surface area contributed by atoms with Crippen LogP contribution in [-0.2, 0) is 0 Å². The molecule has 110 valence electrons. The fourth-order valence-corrected chi connectivity index (χ4v) is 2.63. The third kappa shape index (κ3) is 3.91. The molecule has 0 spiro atoms. The maximum absolute atomic E-state index is 13.7. The van der Waals surface area contributed by atoms with E-state index in [2.05, 4.69) is 5.32 Å². The molecule has 2 rings (SSSR count). The number of nitrogens with one attached hydrogen (secondary N) is 1. The first-order chi connectivity index (χ1) is 9.88. The molecule has 1 N–H and O–H groups in total. The highest BCUT2D eigenvalue weighted by atomic mass is 127. The standard InChI is InChI=1S/C15H11ClF2INO/c1-8(11-4-3-10(17)7-13(11)18)20-15(21)12-6-9(16)2-5-14(12)19/h2-8H,1H3,(H,20,21)/t8-/m1/s1. The van der Waals surface area contributed by atoms with Gasteiger partial charge in [-0.05, 0) is 53.8 Å². The van der Waals surface area contributed by atoms with Gasteiger partial charge in [0.15, 0.2) is 0 Å². The van der Waals surface area contributed by atoms with Crippen LogP contribution in [0.2, 0.25) is 5.02 Å². The Morgan fingerprint density at radius 1 is 1.24 bits per heavy atom. The minimum absolute atomic E-state index is 0.224. The molecule has 0 aliphatic heterocycles. The van der Waals surface area contributed by atoms with Gasteiger partial charge in [0, 0.05) is 20.2 Å². The van der Waals surface area contributed by atoms with Crippen molar-refractivity contribution in [1.29, 1.82) is 0 Å². The summed E-state index contributed by atoms with van der Waals surface area (Å²) in [6, 6.07) is 7.63. The first-order valence-corrected chi connectivity index (χ1v) is 7.55. The van der Waals surface area contributed by atoms with Crippen molar-refractivity contribution < 1.29 is 13.6 Å². The number of benzene rings is 2. The van der Waals surface area contributed by atoms with Crippen molar-refractivity contribution in [1.82, 2.24) is 5.32 Å². The lowest BCUT2D eigenvalue weighted by atomic mass is 10.1. The molecule has 0 radical (unpaired) electrons. The average molecular weight is 422 g/mol. The fraction of sp³-hybridized carbons (Fsp3) is 0.133. The smallest absolute Gasteiger partial charge is 0.252 e. The third-order valence-electron chi connectivity index (χ3n) is 2.95. The number of halogens is 4. The van der Waals surface area contributed by atoms with Gasteiger partial charge < -0.3 is 5.32 Å². The molecule has 0 saturated carbocycles. The maximum atomic E-state index is 13.7. The SMILES string of the molecule is C[C@@H](NC(=O)c1cc(Cl)ccc1I)c1ccc(F)cc1F. The normalized spacial score (nSPS) is 12.0. The second-order valence-electron chi connectivity index (χ2n) is 4.49. The van der Waals surface area contributed by atoms with E-state index in [4.69, 9.17) is 11.6 Å². The number of hydrogen-bond acceptors (Lipinski definition) is 1. The predicted molar refractivity (Wildman–Crippen MR) is 86.4 cm³/mol. The fourth-order valence-electron chi connectivity index (χ4n) is 1.88. The van der Waals surface area contributed by atoms with Crippen LogP contribution in [0.3, 0.4) is 0 Å². The first kappa shape index (κ1) is 16.2. The van der Waals surface area contributed by atoms with Crippen LogP contribution in [0.4, 0.5) is 8.78 Å². The minimum Gasteiger partial charge on any atom is -0.345 e. The largest absolute Gasteiger partial charge is 0.345 e. The van der Waals surface area contributed by atoms with Crippen LogP contribution in [0, 0.1) is 15.2 Å². The van der Waals surface area contributed by atoms with E-state index in [0.717, 1.165) is 15.7 Å². The van der Waals surface area contributed by atoms with Crippen LogP contribution < -0.4 is 5.32 Å². The number of rotatable bonds is 3. The summed E-state index contributed by atoms with van der Waals surface area (Å²) in [5.74, 6) is -1.71. The first-order valence-electron chi connectivity index (χ1n) is 6.09. The van der Waals surface area contributed by atoms with Gasteiger partial charge >= 0.3 is 0 Å². The van der Waals surface area contributed by atoms with Crippen molar-refractivity contribution in [3.8, 4) is 0 Å². The summed E-state index contributed by atoms with van der Waals surface area (Å²) in [6.45, 7) is 1.63. The Morgan fingerprint density at radius 3 is 2.62 bits per heavy atom. The number of carbonyl (C=O) groups excluding carboxylic acids is 1. The number of carbonyl (C=O) groups is 1. The van der Waals surface area contributed by atoms with E-state index in [1.807, 2.05) is 22.6 Å². The van der Waals surface area contributed by atoms with E-state index in [1.165, 1.54) is 6.07 Å². The Labute approximate surface area is 139 Å². The van der Waals surface area contributed by atoms with E-state index >= 15 is 0 Å². The van der Waals surface area contributed by atoms with Crippen molar-refractivity contribution in [2.75, 3.05) is 0 Å². The highest BCUT2D eigenvalue weighted by Crippen LogP contribution is 2.21. The topological polar surface area (TPSA) is 29.1 Å². The molecule has 1 amide bonds. The van der Waals surface area contributed by atoms with Crippen LogP contribution in [-0.4, -0.2) is 5.91 Å². The van der Waals surface area contributed by atoms with Gasteiger partial charge in [0.2, 0.25) is 0 Å². The molecule has 2 aromatic rings. The summed E-state index contributed by atoms with van der Waals surface area (Å²) in [7, 11) is 0. The highest BCUT2D eigenvalue weighted by Gasteiger charge is 2.17. The zero-order valence-corrected chi connectivity index (χ0v) is 13.9. The Kier molecular flexibility index (Phi) is 5.16. The van der Waals surface area contributed by atoms with Gasteiger partial charge in [-0.15, -0.1) is 0 Å². The predicted octanol–water partition coefficient (Wildman–Crippen LogP) is 4.71. The molecule has 2 nitrogen and oxygen atoms in total. The summed E-state index contributed by atoms with van der Waals surface area (Å²) in [5.41, 5.74) is 0.638. The molecule has 0 bridgehead atoms. The van der Waals surface area contributed by atoms with E-state index in [9.17, 15) is 13.6 Å². The lowest BCUT2D eigenvalue weighted by Gasteiger charge is -2.16. The van der Waals surface area contributed by atoms with Gasteiger partial charge in [-0.2, -0.15) is 0 Å². The molecule has 21 heavy (non-hydrogen) atoms. The second-order valence-corrected chi connectivity index (χ2v) is 6.08. The third-order valence-corrected chi connectivity index (χ3v) is 4.13. The van der Waals surface area contributed by atoms with Crippen molar-refractivity contribution in [2.45, 2.75) is 13.0 Å². The molecule has 6 heteroatoms. The van der Waals surface area contributed by atoms with Gasteiger partial charge in [-0.1, -0.05) is 17.7 Å². The van der Waals surface area contributed by atoms with Crippen LogP contribution >= 0.6 is 34.2 Å². The molecule has 0 unspecified atom stereocenters. The minimum atomic E-state index is -0.691. The molecule has 0 aliphatic carbocycles. The summed E-state index contributed by atoms with van der Waals surface area (Å²) in [4.78, 5) is 12.2. The van der Waals surface area contributed by atoms with Gasteiger partial charge in [-0.25, -0.2) is 8.78 Å². The van der Waals surface area contributed by atoms with Gasteiger partial charge in [0.05, 0.1) is 11.6 Å². The van der Waals surface area contributed by atoms with Crippen molar-refractivity contribution >= 4 is 40.1 Å². The van der Waals surface area contributed by atoms with Crippen LogP contribution in [0.15, 0.2) is 36.4 Å². The monoisotopic (exact) mass is 421 g/mol. The molecule has 0 heterocycles. The van der Waals surface area contributed by atoms with E-state index < -0.39 is 17.7 Å². The maximum Gasteiger partial charge on any atom is 0.252 e. The van der Waals surface area contributed by atoms with Crippen molar-refractivity contribution in [3.05, 3.63) is 67.8 Å². The molecule has 2 aromatic carbocycles. The van der Waals surface area contributed by atoms with Gasteiger partial charge in [0.25, 0.3) is 5.91 Å². The van der Waals surface area contributed by atoms with Crippen molar-refractivity contribution in [3.63, 3.8) is 0 Å². The summed E-state index contributed by atoms with van der Waals surface area (Å²) >= 11 is 7.89. The van der Waals surface area contributed by atoms with E-state index in [0.29, 0.717) is 10.6 Å². The van der Waals surface area contributed by atoms with Gasteiger partial charge in [0.1, 0.15) is 11.6 Å². The van der Waals surface area contributed by atoms with E-state index in [1.54, 1.807) is 25.1 Å². The Bertz CT molecular complexity index is 693. The Morgan fingerprint density at radius 2 is 1.95 bits per heavy atom. The molecule has 0 aromatic heterocycles. The highest BCUT2D eigenvalue weighted by molar-refractivity contribution is 14.1. The zero-order valence-electron chi connectivity index (χ0n) is 11.0. The van der Waals surface area contributed by atoms with Gasteiger partial charge in [-0.3, -0.25) is 4.79 Å². The quantitative estimate of drug-likeness (QED) is 0.714. The number of amides is 1. The molecular formula is C15H11ClF2INO. The molecular weight excluding hydrogens is 411 g/mol. The summed E-state index contributed by atoms with van der Waals surface area (Å²) < 4.78 is 27.3. The lowest BCUT2D eigenvalue weighted by molar-refractivity contribution is 0.0938. The molecule has 0 fully saturated rings. The molecule has 0 saturated heterocycles. The van der Waals surface area contributed by atoms with Crippen LogP contribution in [0.25, 0.3) is 0 Å². The molecule has 0 aliphatic rings. The van der Waals surface area contributed by atoms with Crippen LogP contribution in [0.1, 0.15) is 28.9 Å².